The highest BCUT2D eigenvalue weighted by molar-refractivity contribution is 6.46. The van der Waals surface area contributed by atoms with Gasteiger partial charge in [0.15, 0.2) is 6.29 Å². The molecule has 0 aromatic heterocycles. The molecule has 7 heteroatoms. The first-order valence-electron chi connectivity index (χ1n) is 8.66. The summed E-state index contributed by atoms with van der Waals surface area (Å²) in [6, 6.07) is 13.9. The zero-order valence-electron chi connectivity index (χ0n) is 15.5. The fourth-order valence-electron chi connectivity index (χ4n) is 3.27. The molecule has 0 bridgehead atoms. The molecule has 0 aliphatic carbocycles. The van der Waals surface area contributed by atoms with Crippen LogP contribution in [0.25, 0.3) is 5.76 Å². The van der Waals surface area contributed by atoms with Crippen molar-refractivity contribution in [2.24, 2.45) is 0 Å². The van der Waals surface area contributed by atoms with E-state index >= 15 is 0 Å². The Kier molecular flexibility index (Phi) is 5.77. The highest BCUT2D eigenvalue weighted by Gasteiger charge is 2.46. The number of benzene rings is 2. The predicted octanol–water partition coefficient (Wildman–Crippen LogP) is 2.43. The first-order valence-corrected chi connectivity index (χ1v) is 8.66. The van der Waals surface area contributed by atoms with Crippen LogP contribution < -0.4 is 0 Å². The van der Waals surface area contributed by atoms with Gasteiger partial charge in [0.2, 0.25) is 0 Å². The molecule has 1 amide bonds. The number of hydrogen-bond donors (Lipinski definition) is 2. The third-order valence-electron chi connectivity index (χ3n) is 4.64. The van der Waals surface area contributed by atoms with Gasteiger partial charge in [0.25, 0.3) is 11.7 Å². The number of amides is 1. The van der Waals surface area contributed by atoms with Gasteiger partial charge in [-0.2, -0.15) is 0 Å². The van der Waals surface area contributed by atoms with Crippen LogP contribution in [0.3, 0.4) is 0 Å². The number of aliphatic hydroxyl groups excluding tert-OH is 1. The Morgan fingerprint density at radius 1 is 1.07 bits per heavy atom. The summed E-state index contributed by atoms with van der Waals surface area (Å²) < 4.78 is 10.4. The minimum Gasteiger partial charge on any atom is -0.508 e. The van der Waals surface area contributed by atoms with Crippen LogP contribution in [0.5, 0.6) is 5.75 Å². The highest BCUT2D eigenvalue weighted by atomic mass is 16.7. The Hall–Kier alpha value is -3.16. The van der Waals surface area contributed by atoms with Gasteiger partial charge in [-0.3, -0.25) is 9.59 Å². The quantitative estimate of drug-likeness (QED) is 0.344. The van der Waals surface area contributed by atoms with Crippen molar-refractivity contribution in [3.8, 4) is 5.75 Å². The minimum atomic E-state index is -0.889. The lowest BCUT2D eigenvalue weighted by atomic mass is 9.95. The number of hydrogen-bond acceptors (Lipinski definition) is 6. The summed E-state index contributed by atoms with van der Waals surface area (Å²) in [7, 11) is 2.86. The van der Waals surface area contributed by atoms with Gasteiger partial charge in [-0.15, -0.1) is 0 Å². The maximum Gasteiger partial charge on any atom is 0.295 e. The third kappa shape index (κ3) is 3.62. The Labute approximate surface area is 162 Å². The fraction of sp³-hybridized carbons (Fsp3) is 0.238. The van der Waals surface area contributed by atoms with Crippen molar-refractivity contribution in [1.82, 2.24) is 4.90 Å². The smallest absolute Gasteiger partial charge is 0.295 e. The first kappa shape index (κ1) is 19.6. The van der Waals surface area contributed by atoms with E-state index in [0.29, 0.717) is 11.1 Å². The second kappa shape index (κ2) is 8.24. The van der Waals surface area contributed by atoms with E-state index < -0.39 is 24.0 Å². The predicted molar refractivity (Wildman–Crippen MR) is 101 cm³/mol. The standard InChI is InChI=1S/C21H21NO6/c1-27-16(28-2)12-22-18(14-9-6-10-15(23)11-14)17(20(25)21(22)26)19(24)13-7-4-3-5-8-13/h3-11,16,18,23-24H,12H2,1-2H3/b19-17+. The largest absolute Gasteiger partial charge is 0.508 e. The fourth-order valence-corrected chi connectivity index (χ4v) is 3.27. The number of aliphatic hydroxyl groups is 1. The number of carbonyl (C=O) groups excluding carboxylic acids is 2. The summed E-state index contributed by atoms with van der Waals surface area (Å²) in [6.45, 7) is -0.0243. The van der Waals surface area contributed by atoms with Gasteiger partial charge >= 0.3 is 0 Å². The normalized spacial score (nSPS) is 18.8. The second-order valence-corrected chi connectivity index (χ2v) is 6.31. The number of rotatable bonds is 6. The van der Waals surface area contributed by atoms with E-state index in [0.717, 1.165) is 0 Å². The highest BCUT2D eigenvalue weighted by Crippen LogP contribution is 2.40. The van der Waals surface area contributed by atoms with Crippen molar-refractivity contribution in [1.29, 1.82) is 0 Å². The van der Waals surface area contributed by atoms with Gasteiger partial charge < -0.3 is 24.6 Å². The van der Waals surface area contributed by atoms with Crippen LogP contribution in [0.2, 0.25) is 0 Å². The summed E-state index contributed by atoms with van der Waals surface area (Å²) in [6.07, 6.45) is -0.755. The molecule has 146 valence electrons. The molecule has 1 heterocycles. The van der Waals surface area contributed by atoms with E-state index in [-0.39, 0.29) is 23.6 Å². The molecular formula is C21H21NO6. The molecule has 28 heavy (non-hydrogen) atoms. The van der Waals surface area contributed by atoms with Crippen LogP contribution in [0.15, 0.2) is 60.2 Å². The molecule has 7 nitrogen and oxygen atoms in total. The molecule has 2 aromatic carbocycles. The van der Waals surface area contributed by atoms with Gasteiger partial charge in [-0.1, -0.05) is 42.5 Å². The topological polar surface area (TPSA) is 96.3 Å². The zero-order chi connectivity index (χ0) is 20.3. The monoisotopic (exact) mass is 383 g/mol. The SMILES string of the molecule is COC(CN1C(=O)C(=O)/C(=C(/O)c2ccccc2)C1c1cccc(O)c1)OC. The lowest BCUT2D eigenvalue weighted by molar-refractivity contribution is -0.149. The number of Topliss-reactive ketones (excluding diaryl/α,β-unsaturated/α-hetero) is 1. The maximum absolute atomic E-state index is 12.8. The molecule has 1 fully saturated rings. The Balaban J connectivity index is 2.16. The summed E-state index contributed by atoms with van der Waals surface area (Å²) >= 11 is 0. The van der Waals surface area contributed by atoms with Crippen molar-refractivity contribution < 1.29 is 29.3 Å². The second-order valence-electron chi connectivity index (χ2n) is 6.31. The molecule has 2 N–H and O–H groups in total. The molecule has 1 aliphatic rings. The van der Waals surface area contributed by atoms with Crippen LogP contribution in [0, 0.1) is 0 Å². The number of aromatic hydroxyl groups is 1. The van der Waals surface area contributed by atoms with Crippen molar-refractivity contribution in [2.45, 2.75) is 12.3 Å². The molecule has 1 atom stereocenters. The number of ether oxygens (including phenoxy) is 2. The Morgan fingerprint density at radius 3 is 2.36 bits per heavy atom. The van der Waals surface area contributed by atoms with Crippen molar-refractivity contribution in [3.05, 3.63) is 71.3 Å². The summed E-state index contributed by atoms with van der Waals surface area (Å²) in [5.74, 6) is -1.87. The van der Waals surface area contributed by atoms with Gasteiger partial charge in [0.1, 0.15) is 11.5 Å². The van der Waals surface area contributed by atoms with Gasteiger partial charge in [0, 0.05) is 19.8 Å². The van der Waals surface area contributed by atoms with Crippen molar-refractivity contribution in [3.63, 3.8) is 0 Å². The Bertz CT molecular complexity index is 904. The molecule has 0 radical (unpaired) electrons. The van der Waals surface area contributed by atoms with E-state index in [1.807, 2.05) is 0 Å². The molecule has 0 saturated carbocycles. The number of phenols is 1. The molecule has 3 rings (SSSR count). The number of phenolic OH excluding ortho intramolecular Hbond substituents is 1. The van der Waals surface area contributed by atoms with Crippen LogP contribution in [0.1, 0.15) is 17.2 Å². The van der Waals surface area contributed by atoms with Gasteiger partial charge in [0.05, 0.1) is 18.2 Å². The molecule has 1 saturated heterocycles. The maximum atomic E-state index is 12.8. The Morgan fingerprint density at radius 2 is 1.75 bits per heavy atom. The summed E-state index contributed by atoms with van der Waals surface area (Å²) in [4.78, 5) is 26.8. The van der Waals surface area contributed by atoms with Crippen molar-refractivity contribution in [2.75, 3.05) is 20.8 Å². The van der Waals surface area contributed by atoms with Crippen LogP contribution in [-0.4, -0.2) is 53.9 Å². The summed E-state index contributed by atoms with van der Waals surface area (Å²) in [5.41, 5.74) is 0.857. The number of nitrogens with zero attached hydrogens (tertiary/aromatic N) is 1. The van der Waals surface area contributed by atoms with Crippen LogP contribution in [-0.2, 0) is 19.1 Å². The molecule has 2 aromatic rings. The van der Waals surface area contributed by atoms with Crippen molar-refractivity contribution >= 4 is 17.4 Å². The van der Waals surface area contributed by atoms with Crippen LogP contribution >= 0.6 is 0 Å². The average molecular weight is 383 g/mol. The van der Waals surface area contributed by atoms with E-state index in [1.54, 1.807) is 42.5 Å². The van der Waals surface area contributed by atoms with Gasteiger partial charge in [-0.05, 0) is 17.7 Å². The zero-order valence-corrected chi connectivity index (χ0v) is 15.5. The molecular weight excluding hydrogens is 362 g/mol. The molecule has 1 aliphatic heterocycles. The molecule has 0 spiro atoms. The molecule has 1 unspecified atom stereocenters. The van der Waals surface area contributed by atoms with E-state index in [4.69, 9.17) is 9.47 Å². The van der Waals surface area contributed by atoms with Crippen LogP contribution in [0.4, 0.5) is 0 Å². The lowest BCUT2D eigenvalue weighted by Gasteiger charge is -2.28. The van der Waals surface area contributed by atoms with E-state index in [2.05, 4.69) is 0 Å². The number of ketones is 1. The number of carbonyl (C=O) groups is 2. The first-order chi connectivity index (χ1) is 13.5. The van der Waals surface area contributed by atoms with E-state index in [1.165, 1.54) is 31.3 Å². The third-order valence-corrected chi connectivity index (χ3v) is 4.64. The summed E-state index contributed by atoms with van der Waals surface area (Å²) in [5, 5.41) is 20.7. The average Bonchev–Trinajstić information content (AvgIpc) is 2.96. The van der Waals surface area contributed by atoms with E-state index in [9.17, 15) is 19.8 Å². The number of methoxy groups -OCH3 is 2. The minimum absolute atomic E-state index is 0.0159. The lowest BCUT2D eigenvalue weighted by Crippen LogP contribution is -2.38. The van der Waals surface area contributed by atoms with Gasteiger partial charge in [-0.25, -0.2) is 0 Å². The number of likely N-dealkylation sites (tertiary alicyclic amines) is 1.